The summed E-state index contributed by atoms with van der Waals surface area (Å²) < 4.78 is 24.2. The zero-order valence-corrected chi connectivity index (χ0v) is 22.9. The summed E-state index contributed by atoms with van der Waals surface area (Å²) in [5.41, 5.74) is 0.309. The molecular weight excluding hydrogens is 480 g/mol. The molecule has 1 saturated heterocycles. The molecule has 208 valence electrons. The first-order valence-electron chi connectivity index (χ1n) is 14.0. The van der Waals surface area contributed by atoms with E-state index >= 15 is 0 Å². The van der Waals surface area contributed by atoms with Crippen LogP contribution in [0.3, 0.4) is 0 Å². The third-order valence-corrected chi connectivity index (χ3v) is 7.07. The van der Waals surface area contributed by atoms with E-state index < -0.39 is 30.1 Å². The second kappa shape index (κ2) is 16.5. The first-order valence-corrected chi connectivity index (χ1v) is 14.0. The molecule has 6 nitrogen and oxygen atoms in total. The summed E-state index contributed by atoms with van der Waals surface area (Å²) in [6, 6.07) is 19.5. The molecule has 3 rings (SSSR count). The maximum absolute atomic E-state index is 12.8. The van der Waals surface area contributed by atoms with Crippen LogP contribution in [0.4, 0.5) is 0 Å². The lowest BCUT2D eigenvalue weighted by Crippen LogP contribution is -2.51. The van der Waals surface area contributed by atoms with Crippen LogP contribution in [0.2, 0.25) is 0 Å². The van der Waals surface area contributed by atoms with Crippen molar-refractivity contribution < 1.29 is 28.8 Å². The molecule has 0 spiro atoms. The molecule has 0 aromatic heterocycles. The third-order valence-electron chi connectivity index (χ3n) is 7.07. The number of allylic oxidation sites excluding steroid dienone is 1. The Balaban J connectivity index is 1.69. The van der Waals surface area contributed by atoms with Crippen LogP contribution in [0, 0.1) is 0 Å². The summed E-state index contributed by atoms with van der Waals surface area (Å²) >= 11 is 0. The van der Waals surface area contributed by atoms with E-state index in [9.17, 15) is 9.90 Å². The van der Waals surface area contributed by atoms with Gasteiger partial charge in [0.2, 0.25) is 0 Å². The summed E-state index contributed by atoms with van der Waals surface area (Å²) in [6.45, 7) is 2.77. The van der Waals surface area contributed by atoms with Crippen molar-refractivity contribution in [1.29, 1.82) is 0 Å². The Hall–Kier alpha value is -2.51. The van der Waals surface area contributed by atoms with Crippen LogP contribution in [0.25, 0.3) is 0 Å². The van der Waals surface area contributed by atoms with Gasteiger partial charge in [0.15, 0.2) is 11.9 Å². The van der Waals surface area contributed by atoms with Gasteiger partial charge in [-0.1, -0.05) is 118 Å². The van der Waals surface area contributed by atoms with Crippen LogP contribution in [0.5, 0.6) is 0 Å². The highest BCUT2D eigenvalue weighted by atomic mass is 16.7. The van der Waals surface area contributed by atoms with E-state index in [2.05, 4.69) is 13.0 Å². The average Bonchev–Trinajstić information content (AvgIpc) is 3.26. The van der Waals surface area contributed by atoms with Gasteiger partial charge in [-0.25, -0.2) is 4.79 Å². The zero-order valence-electron chi connectivity index (χ0n) is 22.9. The predicted octanol–water partition coefficient (Wildman–Crippen LogP) is 7.07. The molecule has 2 aromatic carbocycles. The molecular formula is C32H44O6. The Morgan fingerprint density at radius 2 is 1.45 bits per heavy atom. The van der Waals surface area contributed by atoms with Gasteiger partial charge in [-0.05, 0) is 24.0 Å². The van der Waals surface area contributed by atoms with Crippen LogP contribution in [0.15, 0.2) is 72.8 Å². The van der Waals surface area contributed by atoms with E-state index in [0.717, 1.165) is 24.0 Å². The summed E-state index contributed by atoms with van der Waals surface area (Å²) in [4.78, 5) is 12.8. The highest BCUT2D eigenvalue weighted by molar-refractivity contribution is 5.79. The highest BCUT2D eigenvalue weighted by Crippen LogP contribution is 2.40. The summed E-state index contributed by atoms with van der Waals surface area (Å²) in [5.74, 6) is -1.08. The van der Waals surface area contributed by atoms with Gasteiger partial charge in [0.1, 0.15) is 12.2 Å². The van der Waals surface area contributed by atoms with Gasteiger partial charge in [-0.3, -0.25) is 0 Å². The SMILES string of the molecule is CCCCCCCCC/C=C/C[C@]1(C(=O)O)O[C@H](OC)[C@@H](OCc2ccccc2)[C@@H]1OCc1ccccc1. The predicted molar refractivity (Wildman–Crippen MR) is 149 cm³/mol. The molecule has 1 N–H and O–H groups in total. The number of rotatable bonds is 18. The zero-order chi connectivity index (χ0) is 27.1. The lowest BCUT2D eigenvalue weighted by atomic mass is 9.90. The number of methoxy groups -OCH3 is 1. The van der Waals surface area contributed by atoms with Gasteiger partial charge in [-0.15, -0.1) is 0 Å². The average molecular weight is 525 g/mol. The largest absolute Gasteiger partial charge is 0.479 e. The number of hydrogen-bond donors (Lipinski definition) is 1. The Bertz CT molecular complexity index is 947. The number of carbonyl (C=O) groups is 1. The lowest BCUT2D eigenvalue weighted by Gasteiger charge is -2.30. The van der Waals surface area contributed by atoms with Crippen molar-refractivity contribution in [2.75, 3.05) is 7.11 Å². The monoisotopic (exact) mass is 524 g/mol. The molecule has 1 heterocycles. The first kappa shape index (κ1) is 30.0. The Morgan fingerprint density at radius 3 is 2.03 bits per heavy atom. The van der Waals surface area contributed by atoms with Gasteiger partial charge in [0, 0.05) is 13.5 Å². The summed E-state index contributed by atoms with van der Waals surface area (Å²) in [5, 5.41) is 10.4. The first-order chi connectivity index (χ1) is 18.6. The van der Waals surface area contributed by atoms with E-state index in [1.165, 1.54) is 45.6 Å². The Kier molecular flexibility index (Phi) is 13.0. The Morgan fingerprint density at radius 1 is 0.868 bits per heavy atom. The lowest BCUT2D eigenvalue weighted by molar-refractivity contribution is -0.201. The van der Waals surface area contributed by atoms with Crippen molar-refractivity contribution in [1.82, 2.24) is 0 Å². The molecule has 38 heavy (non-hydrogen) atoms. The molecule has 0 amide bonds. The second-order valence-corrected chi connectivity index (χ2v) is 9.98. The Labute approximate surface area is 228 Å². The van der Waals surface area contributed by atoms with Crippen LogP contribution >= 0.6 is 0 Å². The van der Waals surface area contributed by atoms with Crippen LogP contribution < -0.4 is 0 Å². The van der Waals surface area contributed by atoms with Crippen molar-refractivity contribution in [2.45, 2.75) is 102 Å². The summed E-state index contributed by atoms with van der Waals surface area (Å²) in [6.07, 6.45) is 11.3. The number of carboxylic acids is 1. The van der Waals surface area contributed by atoms with E-state index in [-0.39, 0.29) is 13.0 Å². The fraction of sp³-hybridized carbons (Fsp3) is 0.531. The second-order valence-electron chi connectivity index (χ2n) is 9.98. The minimum absolute atomic E-state index is 0.170. The molecule has 0 aliphatic carbocycles. The molecule has 0 saturated carbocycles. The van der Waals surface area contributed by atoms with Gasteiger partial charge >= 0.3 is 5.97 Å². The topological polar surface area (TPSA) is 74.2 Å². The molecule has 1 aliphatic rings. The van der Waals surface area contributed by atoms with Crippen LogP contribution in [-0.4, -0.2) is 42.3 Å². The standard InChI is InChI=1S/C32H44O6/c1-3-4-5-6-7-8-9-10-11-18-23-32(31(33)34)29(37-25-27-21-16-13-17-22-27)28(30(35-2)38-32)36-24-26-19-14-12-15-20-26/h11-22,28-30H,3-10,23-25H2,1-2H3,(H,33,34)/b18-11+/t28-,29-,30-,32-/m0/s1. The molecule has 1 aliphatic heterocycles. The number of aliphatic carboxylic acids is 1. The van der Waals surface area contributed by atoms with Gasteiger partial charge in [0.05, 0.1) is 13.2 Å². The maximum atomic E-state index is 12.8. The van der Waals surface area contributed by atoms with Crippen molar-refractivity contribution in [3.05, 3.63) is 83.9 Å². The van der Waals surface area contributed by atoms with Gasteiger partial charge in [0.25, 0.3) is 0 Å². The van der Waals surface area contributed by atoms with Crippen molar-refractivity contribution in [3.63, 3.8) is 0 Å². The minimum Gasteiger partial charge on any atom is -0.479 e. The van der Waals surface area contributed by atoms with Crippen molar-refractivity contribution >= 4 is 5.97 Å². The number of carboxylic acid groups (broad SMARTS) is 1. The molecule has 6 heteroatoms. The van der Waals surface area contributed by atoms with Crippen molar-refractivity contribution in [3.8, 4) is 0 Å². The minimum atomic E-state index is -1.62. The van der Waals surface area contributed by atoms with Crippen LogP contribution in [-0.2, 0) is 37.0 Å². The third kappa shape index (κ3) is 8.77. The molecule has 0 radical (unpaired) electrons. The quantitative estimate of drug-likeness (QED) is 0.166. The highest BCUT2D eigenvalue weighted by Gasteiger charge is 2.61. The number of unbranched alkanes of at least 4 members (excludes halogenated alkanes) is 7. The molecule has 1 fully saturated rings. The molecule has 0 unspecified atom stereocenters. The fourth-order valence-corrected chi connectivity index (χ4v) is 4.87. The van der Waals surface area contributed by atoms with E-state index in [4.69, 9.17) is 18.9 Å². The number of benzene rings is 2. The van der Waals surface area contributed by atoms with E-state index in [0.29, 0.717) is 6.61 Å². The molecule has 0 bridgehead atoms. The normalized spacial score (nSPS) is 23.3. The maximum Gasteiger partial charge on any atom is 0.339 e. The van der Waals surface area contributed by atoms with E-state index in [1.807, 2.05) is 66.7 Å². The smallest absolute Gasteiger partial charge is 0.339 e. The van der Waals surface area contributed by atoms with Gasteiger partial charge < -0.3 is 24.1 Å². The number of ether oxygens (including phenoxy) is 4. The molecule has 2 aromatic rings. The van der Waals surface area contributed by atoms with Crippen LogP contribution in [0.1, 0.15) is 75.8 Å². The fourth-order valence-electron chi connectivity index (χ4n) is 4.87. The summed E-state index contributed by atoms with van der Waals surface area (Å²) in [7, 11) is 1.51. The number of hydrogen-bond acceptors (Lipinski definition) is 5. The van der Waals surface area contributed by atoms with E-state index in [1.54, 1.807) is 0 Å². The van der Waals surface area contributed by atoms with Gasteiger partial charge in [-0.2, -0.15) is 0 Å². The van der Waals surface area contributed by atoms with Crippen molar-refractivity contribution in [2.24, 2.45) is 0 Å². The molecule has 4 atom stereocenters.